The minimum atomic E-state index is -3.74. The molecule has 0 saturated carbocycles. The summed E-state index contributed by atoms with van der Waals surface area (Å²) in [7, 11) is -3.74. The summed E-state index contributed by atoms with van der Waals surface area (Å²) >= 11 is 18.1. The van der Waals surface area contributed by atoms with Crippen LogP contribution in [0.3, 0.4) is 0 Å². The molecule has 2 aromatic carbocycles. The fraction of sp³-hybridized carbons (Fsp3) is 0.364. The summed E-state index contributed by atoms with van der Waals surface area (Å²) in [4.78, 5) is 25.7. The second-order valence-corrected chi connectivity index (χ2v) is 10.9. The highest BCUT2D eigenvalue weighted by molar-refractivity contribution is 7.89. The van der Waals surface area contributed by atoms with Gasteiger partial charge in [0.25, 0.3) is 11.8 Å². The van der Waals surface area contributed by atoms with Crippen LogP contribution in [0.25, 0.3) is 0 Å². The molecule has 8 nitrogen and oxygen atoms in total. The molecular formula is C22H27Cl3N4O4S. The zero-order valence-electron chi connectivity index (χ0n) is 19.2. The Kier molecular flexibility index (Phi) is 10.0. The number of hydrazine groups is 1. The average Bonchev–Trinajstić information content (AvgIpc) is 2.76. The van der Waals surface area contributed by atoms with Gasteiger partial charge in [0.05, 0.1) is 20.6 Å². The van der Waals surface area contributed by atoms with Crippen LogP contribution in [0.5, 0.6) is 0 Å². The molecule has 0 heterocycles. The Morgan fingerprint density at radius 3 is 2.12 bits per heavy atom. The lowest BCUT2D eigenvalue weighted by Crippen LogP contribution is -2.51. The van der Waals surface area contributed by atoms with Gasteiger partial charge in [0, 0.05) is 23.7 Å². The van der Waals surface area contributed by atoms with E-state index < -0.39 is 27.9 Å². The number of carbonyl (C=O) groups is 2. The Hall–Kier alpha value is -2.04. The first-order chi connectivity index (χ1) is 15.9. The van der Waals surface area contributed by atoms with E-state index in [-0.39, 0.29) is 32.1 Å². The van der Waals surface area contributed by atoms with Crippen LogP contribution in [0.15, 0.2) is 41.3 Å². The maximum Gasteiger partial charge on any atom is 0.261 e. The van der Waals surface area contributed by atoms with E-state index in [0.29, 0.717) is 18.1 Å². The molecule has 0 unspecified atom stereocenters. The third-order valence-electron chi connectivity index (χ3n) is 4.99. The van der Waals surface area contributed by atoms with Gasteiger partial charge >= 0.3 is 0 Å². The number of hydrogen-bond acceptors (Lipinski definition) is 5. The quantitative estimate of drug-likeness (QED) is 0.376. The van der Waals surface area contributed by atoms with Gasteiger partial charge in [0.2, 0.25) is 10.0 Å². The van der Waals surface area contributed by atoms with E-state index in [2.05, 4.69) is 16.2 Å². The number of halogens is 3. The van der Waals surface area contributed by atoms with Crippen LogP contribution < -0.4 is 16.2 Å². The molecule has 34 heavy (non-hydrogen) atoms. The minimum absolute atomic E-state index is 0.00286. The third-order valence-corrected chi connectivity index (χ3v) is 7.85. The Bertz CT molecular complexity index is 1130. The van der Waals surface area contributed by atoms with Gasteiger partial charge in [0.1, 0.15) is 6.04 Å². The number of anilines is 1. The number of carbonyl (C=O) groups excluding carboxylic acids is 2. The van der Waals surface area contributed by atoms with E-state index in [9.17, 15) is 18.0 Å². The molecule has 2 aromatic rings. The number of hydrogen-bond donors (Lipinski definition) is 3. The first kappa shape index (κ1) is 28.2. The van der Waals surface area contributed by atoms with E-state index in [1.807, 2.05) is 0 Å². The van der Waals surface area contributed by atoms with Crippen LogP contribution in [0, 0.1) is 5.92 Å². The molecule has 0 radical (unpaired) electrons. The predicted octanol–water partition coefficient (Wildman–Crippen LogP) is 4.58. The molecular weight excluding hydrogens is 523 g/mol. The van der Waals surface area contributed by atoms with Crippen molar-refractivity contribution in [3.63, 3.8) is 0 Å². The van der Waals surface area contributed by atoms with Crippen molar-refractivity contribution in [2.45, 2.75) is 38.6 Å². The van der Waals surface area contributed by atoms with E-state index in [1.165, 1.54) is 40.7 Å². The highest BCUT2D eigenvalue weighted by atomic mass is 35.5. The fourth-order valence-corrected chi connectivity index (χ4v) is 5.55. The van der Waals surface area contributed by atoms with Gasteiger partial charge in [-0.05, 0) is 36.2 Å². The molecule has 1 atom stereocenters. The lowest BCUT2D eigenvalue weighted by atomic mass is 10.0. The van der Waals surface area contributed by atoms with Crippen molar-refractivity contribution in [1.29, 1.82) is 0 Å². The van der Waals surface area contributed by atoms with Crippen molar-refractivity contribution < 1.29 is 18.0 Å². The highest BCUT2D eigenvalue weighted by Gasteiger charge is 2.27. The molecule has 0 spiro atoms. The Labute approximate surface area is 215 Å². The van der Waals surface area contributed by atoms with Gasteiger partial charge in [-0.2, -0.15) is 4.31 Å². The van der Waals surface area contributed by atoms with Crippen molar-refractivity contribution in [3.8, 4) is 0 Å². The maximum atomic E-state index is 12.9. The molecule has 0 aliphatic carbocycles. The molecule has 0 bridgehead atoms. The summed E-state index contributed by atoms with van der Waals surface area (Å²) in [6, 6.07) is 7.69. The van der Waals surface area contributed by atoms with Crippen LogP contribution >= 0.6 is 34.8 Å². The van der Waals surface area contributed by atoms with E-state index >= 15 is 0 Å². The molecule has 0 aliphatic rings. The summed E-state index contributed by atoms with van der Waals surface area (Å²) in [5.41, 5.74) is 5.51. The van der Waals surface area contributed by atoms with Crippen LogP contribution in [-0.4, -0.2) is 43.7 Å². The van der Waals surface area contributed by atoms with Gasteiger partial charge in [-0.3, -0.25) is 20.4 Å². The standard InChI is InChI=1S/C22H27Cl3N4O4S/c1-5-29(6-2)34(32,33)16-9-7-8-14(10-16)21(30)26-19(13(3)4)22(31)28-27-20-17(24)11-15(23)12-18(20)25/h7-13,19,27H,5-6H2,1-4H3,(H,26,30)(H,28,31)/t19-/m1/s1. The molecule has 3 N–H and O–H groups in total. The molecule has 0 saturated heterocycles. The molecule has 0 aliphatic heterocycles. The number of rotatable bonds is 10. The number of benzene rings is 2. The Balaban J connectivity index is 2.18. The van der Waals surface area contributed by atoms with Crippen LogP contribution in [0.1, 0.15) is 38.1 Å². The first-order valence-electron chi connectivity index (χ1n) is 10.5. The first-order valence-corrected chi connectivity index (χ1v) is 13.1. The van der Waals surface area contributed by atoms with E-state index in [1.54, 1.807) is 27.7 Å². The van der Waals surface area contributed by atoms with Gasteiger partial charge in [-0.1, -0.05) is 68.6 Å². The normalized spacial score (nSPS) is 12.5. The predicted molar refractivity (Wildman–Crippen MR) is 136 cm³/mol. The largest absolute Gasteiger partial charge is 0.340 e. The van der Waals surface area contributed by atoms with Crippen molar-refractivity contribution in [1.82, 2.24) is 15.0 Å². The van der Waals surface area contributed by atoms with Gasteiger partial charge < -0.3 is 5.32 Å². The summed E-state index contributed by atoms with van der Waals surface area (Å²) in [6.45, 7) is 7.60. The topological polar surface area (TPSA) is 108 Å². The highest BCUT2D eigenvalue weighted by Crippen LogP contribution is 2.33. The molecule has 12 heteroatoms. The molecule has 2 rings (SSSR count). The summed E-state index contributed by atoms with van der Waals surface area (Å²) < 4.78 is 26.9. The van der Waals surface area contributed by atoms with Crippen molar-refractivity contribution >= 4 is 62.3 Å². The lowest BCUT2D eigenvalue weighted by molar-refractivity contribution is -0.123. The van der Waals surface area contributed by atoms with Crippen LogP contribution in [0.4, 0.5) is 5.69 Å². The number of amides is 2. The SMILES string of the molecule is CCN(CC)S(=O)(=O)c1cccc(C(=O)N[C@@H](C(=O)NNc2c(Cl)cc(Cl)cc2Cl)C(C)C)c1. The van der Waals surface area contributed by atoms with Gasteiger partial charge in [0.15, 0.2) is 0 Å². The monoisotopic (exact) mass is 548 g/mol. The van der Waals surface area contributed by atoms with Crippen LogP contribution in [0.2, 0.25) is 15.1 Å². The van der Waals surface area contributed by atoms with E-state index in [4.69, 9.17) is 34.8 Å². The summed E-state index contributed by atoms with van der Waals surface area (Å²) in [5.74, 6) is -1.42. The second kappa shape index (κ2) is 12.1. The molecule has 0 aromatic heterocycles. The number of sulfonamides is 1. The second-order valence-electron chi connectivity index (χ2n) is 7.67. The smallest absolute Gasteiger partial charge is 0.261 e. The van der Waals surface area contributed by atoms with Gasteiger partial charge in [-0.15, -0.1) is 0 Å². The van der Waals surface area contributed by atoms with Crippen molar-refractivity contribution in [2.75, 3.05) is 18.5 Å². The summed E-state index contributed by atoms with van der Waals surface area (Å²) in [5, 5.41) is 3.40. The number of nitrogens with zero attached hydrogens (tertiary/aromatic N) is 1. The zero-order valence-corrected chi connectivity index (χ0v) is 22.2. The minimum Gasteiger partial charge on any atom is -0.340 e. The summed E-state index contributed by atoms with van der Waals surface area (Å²) in [6.07, 6.45) is 0. The van der Waals surface area contributed by atoms with Crippen LogP contribution in [-0.2, 0) is 14.8 Å². The van der Waals surface area contributed by atoms with Crippen molar-refractivity contribution in [2.24, 2.45) is 5.92 Å². The third kappa shape index (κ3) is 6.76. The molecule has 0 fully saturated rings. The Morgan fingerprint density at radius 2 is 1.59 bits per heavy atom. The Morgan fingerprint density at radius 1 is 1.00 bits per heavy atom. The fourth-order valence-electron chi connectivity index (χ4n) is 3.13. The lowest BCUT2D eigenvalue weighted by Gasteiger charge is -2.23. The molecule has 2 amide bonds. The number of nitrogens with one attached hydrogen (secondary N) is 3. The van der Waals surface area contributed by atoms with Crippen molar-refractivity contribution in [3.05, 3.63) is 57.0 Å². The van der Waals surface area contributed by atoms with E-state index in [0.717, 1.165) is 0 Å². The van der Waals surface area contributed by atoms with Gasteiger partial charge in [-0.25, -0.2) is 8.42 Å². The average molecular weight is 550 g/mol. The zero-order chi connectivity index (χ0) is 25.6. The molecule has 186 valence electrons. The maximum absolute atomic E-state index is 12.9.